The van der Waals surface area contributed by atoms with E-state index in [0.717, 1.165) is 11.8 Å². The van der Waals surface area contributed by atoms with E-state index in [1.54, 1.807) is 37.1 Å². The Labute approximate surface area is 137 Å². The van der Waals surface area contributed by atoms with Gasteiger partial charge in [0.2, 0.25) is 5.91 Å². The molecule has 0 aromatic heterocycles. The molecular weight excluding hydrogens is 322 g/mol. The molecule has 0 saturated carbocycles. The lowest BCUT2D eigenvalue weighted by molar-refractivity contribution is -0.132. The molecular formula is C15H23NO6S. The third-order valence-electron chi connectivity index (χ3n) is 3.06. The number of ether oxygens (including phenoxy) is 2. The number of benzene rings is 1. The highest BCUT2D eigenvalue weighted by Gasteiger charge is 2.15. The first-order valence-corrected chi connectivity index (χ1v) is 8.95. The van der Waals surface area contributed by atoms with Gasteiger partial charge in [-0.05, 0) is 17.7 Å². The van der Waals surface area contributed by atoms with Crippen LogP contribution in [0.3, 0.4) is 0 Å². The van der Waals surface area contributed by atoms with E-state index >= 15 is 0 Å². The minimum absolute atomic E-state index is 0.0107. The normalized spacial score (nSPS) is 11.1. The van der Waals surface area contributed by atoms with Crippen molar-refractivity contribution in [2.24, 2.45) is 0 Å². The van der Waals surface area contributed by atoms with Crippen LogP contribution in [0.4, 0.5) is 0 Å². The van der Waals surface area contributed by atoms with Crippen molar-refractivity contribution in [1.29, 1.82) is 0 Å². The summed E-state index contributed by atoms with van der Waals surface area (Å²) in [6.07, 6.45) is 1.34. The van der Waals surface area contributed by atoms with Gasteiger partial charge < -0.3 is 18.6 Å². The minimum Gasteiger partial charge on any atom is -0.493 e. The van der Waals surface area contributed by atoms with Crippen molar-refractivity contribution in [3.63, 3.8) is 0 Å². The molecule has 0 aliphatic heterocycles. The van der Waals surface area contributed by atoms with Gasteiger partial charge in [0.15, 0.2) is 11.5 Å². The van der Waals surface area contributed by atoms with Crippen molar-refractivity contribution in [1.82, 2.24) is 4.90 Å². The van der Waals surface area contributed by atoms with Crippen molar-refractivity contribution in [3.8, 4) is 11.5 Å². The Morgan fingerprint density at radius 1 is 1.22 bits per heavy atom. The summed E-state index contributed by atoms with van der Waals surface area (Å²) in [7, 11) is -0.675. The van der Waals surface area contributed by atoms with Gasteiger partial charge in [0.05, 0.1) is 20.0 Å². The predicted octanol–water partition coefficient (Wildman–Crippen LogP) is 1.42. The van der Waals surface area contributed by atoms with Crippen LogP contribution in [0.1, 0.15) is 18.9 Å². The lowest BCUT2D eigenvalue weighted by Gasteiger charge is -2.22. The Hall–Kier alpha value is -1.80. The molecule has 0 unspecified atom stereocenters. The van der Waals surface area contributed by atoms with Gasteiger partial charge in [-0.15, -0.1) is 0 Å². The average Bonchev–Trinajstić information content (AvgIpc) is 2.49. The van der Waals surface area contributed by atoms with Gasteiger partial charge in [-0.2, -0.15) is 8.42 Å². The molecule has 130 valence electrons. The summed E-state index contributed by atoms with van der Waals surface area (Å²) in [6, 6.07) is 4.93. The molecule has 0 spiro atoms. The second-order valence-corrected chi connectivity index (χ2v) is 6.51. The van der Waals surface area contributed by atoms with E-state index in [-0.39, 0.29) is 11.7 Å². The molecule has 0 saturated heterocycles. The van der Waals surface area contributed by atoms with Crippen molar-refractivity contribution in [2.45, 2.75) is 19.9 Å². The Morgan fingerprint density at radius 2 is 1.91 bits per heavy atom. The van der Waals surface area contributed by atoms with Crippen LogP contribution < -0.4 is 8.92 Å². The van der Waals surface area contributed by atoms with Gasteiger partial charge in [-0.25, -0.2) is 0 Å². The van der Waals surface area contributed by atoms with Crippen molar-refractivity contribution >= 4 is 16.0 Å². The lowest BCUT2D eigenvalue weighted by Crippen LogP contribution is -2.32. The molecule has 23 heavy (non-hydrogen) atoms. The maximum Gasteiger partial charge on any atom is 0.306 e. The average molecular weight is 345 g/mol. The number of carbonyl (C=O) groups is 1. The highest BCUT2D eigenvalue weighted by Crippen LogP contribution is 2.29. The molecule has 0 aliphatic carbocycles. The first-order valence-electron chi connectivity index (χ1n) is 7.13. The first kappa shape index (κ1) is 19.2. The zero-order valence-corrected chi connectivity index (χ0v) is 14.7. The summed E-state index contributed by atoms with van der Waals surface area (Å²) in [5.74, 6) is 0.399. The van der Waals surface area contributed by atoms with Crippen LogP contribution in [0, 0.1) is 0 Å². The molecule has 0 heterocycles. The van der Waals surface area contributed by atoms with Crippen LogP contribution in [0.5, 0.6) is 11.5 Å². The highest BCUT2D eigenvalue weighted by atomic mass is 32.2. The standard InChI is InChI=1S/C15H23NO6S/c1-5-15(17)16(8-9-20-2)11-12-6-7-13(21-3)14(10-12)22-23(4,18)19/h6-7,10H,5,8-9,11H2,1-4H3. The monoisotopic (exact) mass is 345 g/mol. The molecule has 0 N–H and O–H groups in total. The predicted molar refractivity (Wildman–Crippen MR) is 86.0 cm³/mol. The van der Waals surface area contributed by atoms with E-state index in [2.05, 4.69) is 0 Å². The van der Waals surface area contributed by atoms with Gasteiger partial charge >= 0.3 is 10.1 Å². The van der Waals surface area contributed by atoms with E-state index in [0.29, 0.717) is 31.9 Å². The summed E-state index contributed by atoms with van der Waals surface area (Å²) in [6.45, 7) is 3.00. The summed E-state index contributed by atoms with van der Waals surface area (Å²) < 4.78 is 37.7. The Balaban J connectivity index is 3.02. The number of carbonyl (C=O) groups excluding carboxylic acids is 1. The molecule has 1 aromatic rings. The second kappa shape index (κ2) is 8.73. The fourth-order valence-electron chi connectivity index (χ4n) is 1.99. The molecule has 1 rings (SSSR count). The summed E-state index contributed by atoms with van der Waals surface area (Å²) >= 11 is 0. The largest absolute Gasteiger partial charge is 0.493 e. The fraction of sp³-hybridized carbons (Fsp3) is 0.533. The molecule has 0 atom stereocenters. The Morgan fingerprint density at radius 3 is 2.43 bits per heavy atom. The SMILES string of the molecule is CCC(=O)N(CCOC)Cc1ccc(OC)c(OS(C)(=O)=O)c1. The second-order valence-electron chi connectivity index (χ2n) is 4.93. The van der Waals surface area contributed by atoms with Crippen LogP contribution in [-0.4, -0.2) is 52.9 Å². The van der Waals surface area contributed by atoms with Crippen molar-refractivity contribution < 1.29 is 26.9 Å². The van der Waals surface area contributed by atoms with Crippen LogP contribution in [-0.2, 0) is 26.2 Å². The molecule has 1 amide bonds. The van der Waals surface area contributed by atoms with E-state index in [4.69, 9.17) is 13.7 Å². The van der Waals surface area contributed by atoms with Crippen LogP contribution in [0.25, 0.3) is 0 Å². The van der Waals surface area contributed by atoms with Gasteiger partial charge in [0.25, 0.3) is 0 Å². The molecule has 0 fully saturated rings. The van der Waals surface area contributed by atoms with Crippen LogP contribution >= 0.6 is 0 Å². The van der Waals surface area contributed by atoms with Gasteiger partial charge in [-0.1, -0.05) is 13.0 Å². The molecule has 7 nitrogen and oxygen atoms in total. The van der Waals surface area contributed by atoms with Gasteiger partial charge in [0.1, 0.15) is 0 Å². The van der Waals surface area contributed by atoms with Crippen molar-refractivity contribution in [2.75, 3.05) is 33.6 Å². The van der Waals surface area contributed by atoms with E-state index in [1.165, 1.54) is 7.11 Å². The molecule has 0 bridgehead atoms. The number of amides is 1. The van der Waals surface area contributed by atoms with Crippen LogP contribution in [0.15, 0.2) is 18.2 Å². The number of hydrogen-bond acceptors (Lipinski definition) is 6. The maximum absolute atomic E-state index is 12.0. The maximum atomic E-state index is 12.0. The molecule has 0 aliphatic rings. The van der Waals surface area contributed by atoms with Gasteiger partial charge in [-0.3, -0.25) is 4.79 Å². The third-order valence-corrected chi connectivity index (χ3v) is 3.55. The summed E-state index contributed by atoms with van der Waals surface area (Å²) in [5.41, 5.74) is 0.738. The quantitative estimate of drug-likeness (QED) is 0.630. The van der Waals surface area contributed by atoms with E-state index in [1.807, 2.05) is 0 Å². The topological polar surface area (TPSA) is 82.1 Å². The summed E-state index contributed by atoms with van der Waals surface area (Å²) in [4.78, 5) is 13.6. The number of nitrogens with zero attached hydrogens (tertiary/aromatic N) is 1. The van der Waals surface area contributed by atoms with E-state index < -0.39 is 10.1 Å². The zero-order chi connectivity index (χ0) is 17.5. The zero-order valence-electron chi connectivity index (χ0n) is 13.9. The fourth-order valence-corrected chi connectivity index (χ4v) is 2.44. The van der Waals surface area contributed by atoms with Gasteiger partial charge in [0, 0.05) is 26.6 Å². The number of hydrogen-bond donors (Lipinski definition) is 0. The lowest BCUT2D eigenvalue weighted by atomic mass is 10.2. The first-order chi connectivity index (χ1) is 10.8. The third kappa shape index (κ3) is 6.45. The Kier molecular flexibility index (Phi) is 7.31. The molecule has 0 radical (unpaired) electrons. The van der Waals surface area contributed by atoms with Crippen molar-refractivity contribution in [3.05, 3.63) is 23.8 Å². The minimum atomic E-state index is -3.67. The number of rotatable bonds is 9. The summed E-state index contributed by atoms with van der Waals surface area (Å²) in [5, 5.41) is 0. The smallest absolute Gasteiger partial charge is 0.306 e. The van der Waals surface area contributed by atoms with E-state index in [9.17, 15) is 13.2 Å². The molecule has 8 heteroatoms. The highest BCUT2D eigenvalue weighted by molar-refractivity contribution is 7.86. The molecule has 1 aromatic carbocycles. The Bertz CT molecular complexity index is 629. The number of methoxy groups -OCH3 is 2. The van der Waals surface area contributed by atoms with Crippen LogP contribution in [0.2, 0.25) is 0 Å².